The Kier molecular flexibility index (Phi) is 24.9. The molecule has 97 heavy (non-hydrogen) atoms. The van der Waals surface area contributed by atoms with Crippen molar-refractivity contribution in [2.24, 2.45) is 45.3 Å². The first-order valence-electron chi connectivity index (χ1n) is 34.7. The molecule has 0 aromatic carbocycles. The fourth-order valence-corrected chi connectivity index (χ4v) is 19.0. The van der Waals surface area contributed by atoms with Crippen LogP contribution in [0.2, 0.25) is 0 Å². The number of hydrogen-bond donors (Lipinski definition) is 19. The van der Waals surface area contributed by atoms with Gasteiger partial charge in [0, 0.05) is 0 Å². The van der Waals surface area contributed by atoms with E-state index in [1.165, 1.54) is 0 Å². The van der Waals surface area contributed by atoms with E-state index in [0.717, 1.165) is 24.8 Å². The molecule has 6 saturated heterocycles. The van der Waals surface area contributed by atoms with Crippen molar-refractivity contribution in [3.63, 3.8) is 0 Å². The van der Waals surface area contributed by atoms with Crippen LogP contribution >= 0.6 is 0 Å². The van der Waals surface area contributed by atoms with E-state index in [9.17, 15) is 97.0 Å². The molecule has 6 heterocycles. The van der Waals surface area contributed by atoms with Gasteiger partial charge in [-0.1, -0.05) is 46.3 Å². The van der Waals surface area contributed by atoms with Crippen molar-refractivity contribution in [3.8, 4) is 0 Å². The third-order valence-corrected chi connectivity index (χ3v) is 25.0. The van der Waals surface area contributed by atoms with Crippen molar-refractivity contribution in [2.75, 3.05) is 52.9 Å². The molecule has 19 N–H and O–H groups in total. The average molecular weight is 1400 g/mol. The number of ether oxygens (including phenoxy) is 12. The van der Waals surface area contributed by atoms with E-state index in [1.807, 2.05) is 20.8 Å². The van der Waals surface area contributed by atoms with Gasteiger partial charge in [0.05, 0.1) is 70.7 Å². The number of fused-ring (bicyclic) bond motifs is 5. The summed E-state index contributed by atoms with van der Waals surface area (Å²) < 4.78 is 72.9. The van der Waals surface area contributed by atoms with Gasteiger partial charge < -0.3 is 154 Å². The summed E-state index contributed by atoms with van der Waals surface area (Å²) in [5, 5.41) is 208. The monoisotopic (exact) mass is 1400 g/mol. The molecule has 0 bridgehead atoms. The Morgan fingerprint density at radius 2 is 0.969 bits per heavy atom. The lowest BCUT2D eigenvalue weighted by molar-refractivity contribution is -0.395. The zero-order valence-electron chi connectivity index (χ0n) is 56.6. The number of allylic oxidation sites excluding steroid dienone is 2. The molecule has 6 aliphatic heterocycles. The Balaban J connectivity index is 0.827. The summed E-state index contributed by atoms with van der Waals surface area (Å²) >= 11 is 0. The molecule has 4 saturated carbocycles. The lowest BCUT2D eigenvalue weighted by Gasteiger charge is -2.71. The van der Waals surface area contributed by atoms with Crippen LogP contribution in [-0.4, -0.2) is 339 Å². The van der Waals surface area contributed by atoms with E-state index in [4.69, 9.17) is 56.8 Å². The lowest BCUT2D eigenvalue weighted by atomic mass is 9.35. The van der Waals surface area contributed by atoms with E-state index in [1.54, 1.807) is 0 Å². The second-order valence-corrected chi connectivity index (χ2v) is 31.2. The topological polar surface area (TPSA) is 495 Å². The summed E-state index contributed by atoms with van der Waals surface area (Å²) in [7, 11) is 0. The molecule has 31 heteroatoms. The maximum atomic E-state index is 13.0. The summed E-state index contributed by atoms with van der Waals surface area (Å²) in [6.45, 7) is 12.8. The molecule has 562 valence electrons. The zero-order valence-corrected chi connectivity index (χ0v) is 56.6. The lowest BCUT2D eigenvalue weighted by Crippen LogP contribution is -2.68. The highest BCUT2D eigenvalue weighted by atomic mass is 16.8. The van der Waals surface area contributed by atoms with Crippen molar-refractivity contribution in [2.45, 2.75) is 303 Å². The van der Waals surface area contributed by atoms with Gasteiger partial charge in [-0.15, -0.1) is 0 Å². The Bertz CT molecular complexity index is 2580. The van der Waals surface area contributed by atoms with Gasteiger partial charge in [0.1, 0.15) is 146 Å². The van der Waals surface area contributed by atoms with Gasteiger partial charge in [0.25, 0.3) is 0 Å². The van der Waals surface area contributed by atoms with Crippen LogP contribution in [0.5, 0.6) is 0 Å². The SMILES string of the molecule is CC(C)=CCCC(C)(OCC1OC(COC2OC(CO)C(O)C(OCC3OCC(O)C(O)C3O)C2O)C(O)C(O)C1O)C1CCC2(C)C1C(O)CC1C3(C)CCC(OC4OC(CO)C(O)C(O)C4OC4OC(CO)C(O)C(O)C4OC4OCC(O)C(O)C4O)C(C)(C)C3CCC12C. The molecule has 38 atom stereocenters. The number of rotatable bonds is 22. The van der Waals surface area contributed by atoms with Gasteiger partial charge in [-0.3, -0.25) is 0 Å². The van der Waals surface area contributed by atoms with E-state index in [2.05, 4.69) is 40.7 Å². The minimum Gasteiger partial charge on any atom is -0.394 e. The fraction of sp³-hybridized carbons (Fsp3) is 0.970. The van der Waals surface area contributed by atoms with Gasteiger partial charge in [-0.25, -0.2) is 0 Å². The van der Waals surface area contributed by atoms with Crippen molar-refractivity contribution in [3.05, 3.63) is 11.6 Å². The van der Waals surface area contributed by atoms with Crippen LogP contribution in [0, 0.1) is 45.3 Å². The van der Waals surface area contributed by atoms with Crippen molar-refractivity contribution in [1.82, 2.24) is 0 Å². The predicted molar refractivity (Wildman–Crippen MR) is 329 cm³/mol. The minimum absolute atomic E-state index is 0.00534. The van der Waals surface area contributed by atoms with E-state index in [0.29, 0.717) is 38.5 Å². The largest absolute Gasteiger partial charge is 0.394 e. The van der Waals surface area contributed by atoms with Crippen LogP contribution in [0.25, 0.3) is 0 Å². The van der Waals surface area contributed by atoms with Crippen LogP contribution in [0.3, 0.4) is 0 Å². The Morgan fingerprint density at radius 1 is 0.454 bits per heavy atom. The summed E-state index contributed by atoms with van der Waals surface area (Å²) in [5.41, 5.74) is -1.67. The molecule has 38 unspecified atom stereocenters. The van der Waals surface area contributed by atoms with Gasteiger partial charge in [-0.2, -0.15) is 0 Å². The van der Waals surface area contributed by atoms with Gasteiger partial charge in [-0.05, 0) is 124 Å². The summed E-state index contributed by atoms with van der Waals surface area (Å²) in [4.78, 5) is 0. The first-order chi connectivity index (χ1) is 45.6. The van der Waals surface area contributed by atoms with Gasteiger partial charge >= 0.3 is 0 Å². The summed E-state index contributed by atoms with van der Waals surface area (Å²) in [6, 6.07) is 0. The second kappa shape index (κ2) is 30.9. The summed E-state index contributed by atoms with van der Waals surface area (Å²) in [6.07, 6.45) is -38.5. The van der Waals surface area contributed by atoms with Crippen LogP contribution in [-0.2, 0) is 56.8 Å². The van der Waals surface area contributed by atoms with Crippen LogP contribution in [0.4, 0.5) is 0 Å². The number of hydrogen-bond acceptors (Lipinski definition) is 31. The molecule has 0 aromatic heterocycles. The molecule has 10 rings (SSSR count). The third-order valence-electron chi connectivity index (χ3n) is 25.0. The Morgan fingerprint density at radius 3 is 1.58 bits per heavy atom. The molecule has 0 radical (unpaired) electrons. The molecule has 0 aromatic rings. The highest BCUT2D eigenvalue weighted by Crippen LogP contribution is 2.76. The number of aliphatic hydroxyl groups excluding tert-OH is 19. The predicted octanol–water partition coefficient (Wildman–Crippen LogP) is -5.19. The molecule has 10 fully saturated rings. The first kappa shape index (κ1) is 78.1. The van der Waals surface area contributed by atoms with E-state index < -0.39 is 240 Å². The standard InChI is InChI=1S/C66H112O31/c1-27(2)10-9-14-66(8,90-26-37-48(79)50(81)47(78)36(91-37)25-89-59-54(85)55(49(80)34(21-69)92-59)87-24-35-46(77)42(73)30(71)22-86-35)28-11-16-65(7)41(28)29(70)18-39-63(5)15-13-40(62(3,4)38(63)12-17-64(39,65)6)95-60-56(51(82)44(75)32(19-67)93-60)97-61-57(52(83)45(76)33(20-68)94-61)96-58-53(84)43(74)31(72)23-88-58/h10,28-61,67-85H,9,11-26H2,1-8H3. The van der Waals surface area contributed by atoms with Crippen LogP contribution in [0.15, 0.2) is 11.6 Å². The Labute approximate surface area is 564 Å². The van der Waals surface area contributed by atoms with Crippen molar-refractivity contribution in [1.29, 1.82) is 0 Å². The van der Waals surface area contributed by atoms with Crippen molar-refractivity contribution >= 4 is 0 Å². The van der Waals surface area contributed by atoms with Crippen LogP contribution in [0.1, 0.15) is 113 Å². The molecule has 4 aliphatic carbocycles. The van der Waals surface area contributed by atoms with Crippen molar-refractivity contribution < 1.29 is 154 Å². The quantitative estimate of drug-likeness (QED) is 0.0356. The van der Waals surface area contributed by atoms with Crippen LogP contribution < -0.4 is 0 Å². The second-order valence-electron chi connectivity index (χ2n) is 31.2. The molecule has 0 amide bonds. The van der Waals surface area contributed by atoms with Gasteiger partial charge in [0.15, 0.2) is 25.2 Å². The highest BCUT2D eigenvalue weighted by molar-refractivity contribution is 5.21. The molecular formula is C66H112O31. The average Bonchev–Trinajstić information content (AvgIpc) is 1.66. The fourth-order valence-electron chi connectivity index (χ4n) is 19.0. The molecule has 10 aliphatic rings. The molecular weight excluding hydrogens is 1290 g/mol. The van der Waals surface area contributed by atoms with Gasteiger partial charge in [0.2, 0.25) is 0 Å². The third kappa shape index (κ3) is 14.7. The zero-order chi connectivity index (χ0) is 70.9. The number of aliphatic hydroxyl groups is 19. The van der Waals surface area contributed by atoms with E-state index >= 15 is 0 Å². The maximum Gasteiger partial charge on any atom is 0.187 e. The maximum absolute atomic E-state index is 13.0. The normalized spacial score (nSPS) is 52.3. The van der Waals surface area contributed by atoms with E-state index in [-0.39, 0.29) is 47.7 Å². The highest BCUT2D eigenvalue weighted by Gasteiger charge is 2.72. The summed E-state index contributed by atoms with van der Waals surface area (Å²) in [5.74, 6) is -0.524. The molecule has 31 nitrogen and oxygen atoms in total. The molecule has 0 spiro atoms. The minimum atomic E-state index is -1.90. The Hall–Kier alpha value is -1.50. The smallest absolute Gasteiger partial charge is 0.187 e. The first-order valence-corrected chi connectivity index (χ1v) is 34.7.